The highest BCUT2D eigenvalue weighted by Gasteiger charge is 2.28. The van der Waals surface area contributed by atoms with Crippen LogP contribution in [0.5, 0.6) is 5.75 Å². The predicted molar refractivity (Wildman–Crippen MR) is 73.5 cm³/mol. The smallest absolute Gasteiger partial charge is 0.122 e. The van der Waals surface area contributed by atoms with Gasteiger partial charge in [0.25, 0.3) is 0 Å². The van der Waals surface area contributed by atoms with E-state index in [1.54, 1.807) is 0 Å². The van der Waals surface area contributed by atoms with Crippen molar-refractivity contribution in [3.8, 4) is 5.75 Å². The summed E-state index contributed by atoms with van der Waals surface area (Å²) in [5.41, 5.74) is 1.37. The Bertz CT molecular complexity index is 396. The molecule has 1 aromatic rings. The van der Waals surface area contributed by atoms with Crippen LogP contribution in [0.2, 0.25) is 0 Å². The van der Waals surface area contributed by atoms with Gasteiger partial charge in [0.2, 0.25) is 0 Å². The first-order chi connectivity index (χ1) is 8.33. The average Bonchev–Trinajstić information content (AvgIpc) is 2.39. The van der Waals surface area contributed by atoms with Gasteiger partial charge in [0.15, 0.2) is 0 Å². The first kappa shape index (κ1) is 11.6. The normalized spacial score (nSPS) is 25.1. The van der Waals surface area contributed by atoms with E-state index in [9.17, 15) is 0 Å². The SMILES string of the molecule is Brc1ccc2c(c1)CCC(C1CCCCC1)O2. The topological polar surface area (TPSA) is 9.23 Å². The third kappa shape index (κ3) is 2.52. The molecule has 1 aliphatic carbocycles. The minimum atomic E-state index is 0.476. The Balaban J connectivity index is 1.73. The molecule has 1 heterocycles. The van der Waals surface area contributed by atoms with Crippen LogP contribution in [0.4, 0.5) is 0 Å². The number of rotatable bonds is 1. The maximum Gasteiger partial charge on any atom is 0.122 e. The van der Waals surface area contributed by atoms with Gasteiger partial charge in [-0.3, -0.25) is 0 Å². The van der Waals surface area contributed by atoms with Crippen molar-refractivity contribution < 1.29 is 4.74 Å². The zero-order chi connectivity index (χ0) is 11.7. The molecule has 0 amide bonds. The molecule has 0 spiro atoms. The minimum absolute atomic E-state index is 0.476. The van der Waals surface area contributed by atoms with Crippen molar-refractivity contribution in [3.63, 3.8) is 0 Å². The Labute approximate surface area is 112 Å². The van der Waals surface area contributed by atoms with Gasteiger partial charge in [0, 0.05) is 4.47 Å². The van der Waals surface area contributed by atoms with E-state index in [4.69, 9.17) is 4.74 Å². The summed E-state index contributed by atoms with van der Waals surface area (Å²) in [6, 6.07) is 6.41. The van der Waals surface area contributed by atoms with Crippen LogP contribution in [-0.2, 0) is 6.42 Å². The van der Waals surface area contributed by atoms with Crippen molar-refractivity contribution in [2.75, 3.05) is 0 Å². The number of halogens is 1. The Morgan fingerprint density at radius 1 is 1.06 bits per heavy atom. The fourth-order valence-corrected chi connectivity index (χ4v) is 3.62. The van der Waals surface area contributed by atoms with Gasteiger partial charge in [-0.1, -0.05) is 35.2 Å². The number of hydrogen-bond donors (Lipinski definition) is 0. The highest BCUT2D eigenvalue weighted by Crippen LogP contribution is 2.36. The van der Waals surface area contributed by atoms with Crippen LogP contribution in [0.15, 0.2) is 22.7 Å². The predicted octanol–water partition coefficient (Wildman–Crippen LogP) is 4.72. The largest absolute Gasteiger partial charge is 0.490 e. The number of ether oxygens (including phenoxy) is 1. The molecule has 1 saturated carbocycles. The summed E-state index contributed by atoms with van der Waals surface area (Å²) in [7, 11) is 0. The van der Waals surface area contributed by atoms with Crippen LogP contribution >= 0.6 is 15.9 Å². The van der Waals surface area contributed by atoms with Gasteiger partial charge in [0.1, 0.15) is 11.9 Å². The third-order valence-electron chi connectivity index (χ3n) is 4.17. The second-order valence-corrected chi connectivity index (χ2v) is 6.26. The fourth-order valence-electron chi connectivity index (χ4n) is 3.22. The van der Waals surface area contributed by atoms with E-state index in [-0.39, 0.29) is 0 Å². The van der Waals surface area contributed by atoms with Crippen molar-refractivity contribution in [2.45, 2.75) is 51.0 Å². The average molecular weight is 295 g/mol. The van der Waals surface area contributed by atoms with Crippen molar-refractivity contribution in [3.05, 3.63) is 28.2 Å². The number of benzene rings is 1. The van der Waals surface area contributed by atoms with Gasteiger partial charge in [-0.25, -0.2) is 0 Å². The van der Waals surface area contributed by atoms with Crippen molar-refractivity contribution >= 4 is 15.9 Å². The lowest BCUT2D eigenvalue weighted by molar-refractivity contribution is 0.0879. The van der Waals surface area contributed by atoms with Gasteiger partial charge in [-0.15, -0.1) is 0 Å². The molecule has 1 fully saturated rings. The molecule has 3 rings (SSSR count). The first-order valence-electron chi connectivity index (χ1n) is 6.78. The molecule has 1 atom stereocenters. The minimum Gasteiger partial charge on any atom is -0.490 e. The Kier molecular flexibility index (Phi) is 3.41. The summed E-state index contributed by atoms with van der Waals surface area (Å²) in [5.74, 6) is 1.93. The van der Waals surface area contributed by atoms with Crippen LogP contribution in [0.25, 0.3) is 0 Å². The standard InChI is InChI=1S/C15H19BrO/c16-13-7-9-15-12(10-13)6-8-14(17-15)11-4-2-1-3-5-11/h7,9-11,14H,1-6,8H2. The van der Waals surface area contributed by atoms with E-state index in [0.717, 1.165) is 16.1 Å². The van der Waals surface area contributed by atoms with Crippen LogP contribution in [0.3, 0.4) is 0 Å². The highest BCUT2D eigenvalue weighted by molar-refractivity contribution is 9.10. The molecular weight excluding hydrogens is 276 g/mol. The van der Waals surface area contributed by atoms with Crippen molar-refractivity contribution in [2.24, 2.45) is 5.92 Å². The molecule has 1 aromatic carbocycles. The quantitative estimate of drug-likeness (QED) is 0.728. The molecule has 0 N–H and O–H groups in total. The van der Waals surface area contributed by atoms with Crippen LogP contribution in [0.1, 0.15) is 44.1 Å². The molecule has 1 nitrogen and oxygen atoms in total. The number of hydrogen-bond acceptors (Lipinski definition) is 1. The molecular formula is C15H19BrO. The Morgan fingerprint density at radius 3 is 2.71 bits per heavy atom. The van der Waals surface area contributed by atoms with E-state index in [1.165, 1.54) is 50.5 Å². The zero-order valence-corrected chi connectivity index (χ0v) is 11.7. The molecule has 0 bridgehead atoms. The molecule has 2 aliphatic rings. The van der Waals surface area contributed by atoms with E-state index in [0.29, 0.717) is 6.10 Å². The summed E-state index contributed by atoms with van der Waals surface area (Å²) in [6.45, 7) is 0. The molecule has 17 heavy (non-hydrogen) atoms. The monoisotopic (exact) mass is 294 g/mol. The summed E-state index contributed by atoms with van der Waals surface area (Å²) in [5, 5.41) is 0. The van der Waals surface area contributed by atoms with Crippen molar-refractivity contribution in [1.82, 2.24) is 0 Å². The molecule has 0 aromatic heterocycles. The number of aryl methyl sites for hydroxylation is 1. The number of fused-ring (bicyclic) bond motifs is 1. The van der Waals surface area contributed by atoms with E-state index < -0.39 is 0 Å². The lowest BCUT2D eigenvalue weighted by atomic mass is 9.82. The fraction of sp³-hybridized carbons (Fsp3) is 0.600. The highest BCUT2D eigenvalue weighted by atomic mass is 79.9. The third-order valence-corrected chi connectivity index (χ3v) is 4.67. The molecule has 1 aliphatic heterocycles. The molecule has 92 valence electrons. The second kappa shape index (κ2) is 5.01. The summed E-state index contributed by atoms with van der Waals surface area (Å²) in [4.78, 5) is 0. The zero-order valence-electron chi connectivity index (χ0n) is 10.1. The molecule has 0 radical (unpaired) electrons. The van der Waals surface area contributed by atoms with Crippen LogP contribution in [-0.4, -0.2) is 6.10 Å². The summed E-state index contributed by atoms with van der Waals surface area (Å²) < 4.78 is 7.37. The molecule has 2 heteroatoms. The van der Waals surface area contributed by atoms with E-state index in [1.807, 2.05) is 0 Å². The van der Waals surface area contributed by atoms with Crippen molar-refractivity contribution in [1.29, 1.82) is 0 Å². The van der Waals surface area contributed by atoms with Gasteiger partial charge >= 0.3 is 0 Å². The van der Waals surface area contributed by atoms with Gasteiger partial charge in [0.05, 0.1) is 0 Å². The molecule has 1 unspecified atom stereocenters. The van der Waals surface area contributed by atoms with Gasteiger partial charge < -0.3 is 4.74 Å². The van der Waals surface area contributed by atoms with Gasteiger partial charge in [-0.2, -0.15) is 0 Å². The Morgan fingerprint density at radius 2 is 1.88 bits per heavy atom. The Hall–Kier alpha value is -0.500. The summed E-state index contributed by atoms with van der Waals surface area (Å²) in [6.07, 6.45) is 9.82. The lowest BCUT2D eigenvalue weighted by Gasteiger charge is -2.34. The summed E-state index contributed by atoms with van der Waals surface area (Å²) >= 11 is 3.53. The second-order valence-electron chi connectivity index (χ2n) is 5.35. The van der Waals surface area contributed by atoms with Crippen LogP contribution in [0, 0.1) is 5.92 Å². The first-order valence-corrected chi connectivity index (χ1v) is 7.57. The van der Waals surface area contributed by atoms with E-state index >= 15 is 0 Å². The molecule has 0 saturated heterocycles. The van der Waals surface area contributed by atoms with E-state index in [2.05, 4.69) is 34.1 Å². The van der Waals surface area contributed by atoms with Crippen LogP contribution < -0.4 is 4.74 Å². The maximum atomic E-state index is 6.21. The lowest BCUT2D eigenvalue weighted by Crippen LogP contribution is -2.32. The maximum absolute atomic E-state index is 6.21. The van der Waals surface area contributed by atoms with Gasteiger partial charge in [-0.05, 0) is 55.4 Å².